The van der Waals surface area contributed by atoms with Crippen LogP contribution in [0.25, 0.3) is 0 Å². The Morgan fingerprint density at radius 3 is 2.59 bits per heavy atom. The molecule has 0 spiro atoms. The highest BCUT2D eigenvalue weighted by molar-refractivity contribution is 7.80. The number of likely N-dealkylation sites (tertiary alicyclic amines) is 1. The molecule has 5 nitrogen and oxygen atoms in total. The normalized spacial score (nSPS) is 14.7. The molecule has 0 unspecified atom stereocenters. The number of quaternary nitrogens is 1. The molecule has 7 heteroatoms. The molecule has 0 aliphatic carbocycles. The summed E-state index contributed by atoms with van der Waals surface area (Å²) in [6, 6.07) is 12.5. The van der Waals surface area contributed by atoms with E-state index in [1.54, 1.807) is 24.1 Å². The second kappa shape index (κ2) is 10.3. The zero-order valence-electron chi connectivity index (χ0n) is 16.9. The Balaban J connectivity index is 1.59. The maximum Gasteiger partial charge on any atom is 0.187 e. The second-order valence-electron chi connectivity index (χ2n) is 7.28. The Morgan fingerprint density at radius 1 is 1.17 bits per heavy atom. The number of hydrogen-bond acceptors (Lipinski definition) is 3. The van der Waals surface area contributed by atoms with Gasteiger partial charge < -0.3 is 15.0 Å². The summed E-state index contributed by atoms with van der Waals surface area (Å²) in [4.78, 5) is 1.60. The highest BCUT2D eigenvalue weighted by Gasteiger charge is 2.18. The maximum atomic E-state index is 13.0. The fraction of sp³-hybridized carbons (Fsp3) is 0.364. The van der Waals surface area contributed by atoms with Crippen LogP contribution in [0.1, 0.15) is 36.5 Å². The zero-order chi connectivity index (χ0) is 20.6. The molecule has 1 fully saturated rings. The summed E-state index contributed by atoms with van der Waals surface area (Å²) in [6.07, 6.45) is 2.59. The lowest BCUT2D eigenvalue weighted by Crippen LogP contribution is -3.08. The Kier molecular flexibility index (Phi) is 7.55. The van der Waals surface area contributed by atoms with Crippen molar-refractivity contribution in [2.24, 2.45) is 5.10 Å². The molecular formula is C22H28FN4OS+. The van der Waals surface area contributed by atoms with Crippen molar-refractivity contribution in [1.82, 2.24) is 10.7 Å². The largest absolute Gasteiger partial charge is 0.496 e. The number of methoxy groups -OCH3 is 1. The molecule has 1 heterocycles. The van der Waals surface area contributed by atoms with Gasteiger partial charge in [-0.2, -0.15) is 5.10 Å². The van der Waals surface area contributed by atoms with Crippen LogP contribution in [-0.2, 0) is 13.1 Å². The van der Waals surface area contributed by atoms with Gasteiger partial charge in [0, 0.05) is 24.9 Å². The molecule has 2 aromatic carbocycles. The van der Waals surface area contributed by atoms with Crippen molar-refractivity contribution in [2.45, 2.75) is 32.9 Å². The third-order valence-electron chi connectivity index (χ3n) is 5.14. The topological polar surface area (TPSA) is 50.1 Å². The highest BCUT2D eigenvalue weighted by Crippen LogP contribution is 2.20. The fourth-order valence-electron chi connectivity index (χ4n) is 3.49. The molecule has 0 bridgehead atoms. The third kappa shape index (κ3) is 6.24. The van der Waals surface area contributed by atoms with Crippen molar-refractivity contribution in [3.63, 3.8) is 0 Å². The van der Waals surface area contributed by atoms with Gasteiger partial charge in [-0.3, -0.25) is 5.43 Å². The summed E-state index contributed by atoms with van der Waals surface area (Å²) in [7, 11) is 1.71. The molecule has 3 rings (SSSR count). The lowest BCUT2D eigenvalue weighted by atomic mass is 10.1. The Labute approximate surface area is 176 Å². The summed E-state index contributed by atoms with van der Waals surface area (Å²) in [5.74, 6) is 0.672. The van der Waals surface area contributed by atoms with Crippen LogP contribution in [0.15, 0.2) is 47.6 Å². The van der Waals surface area contributed by atoms with Crippen molar-refractivity contribution in [3.05, 3.63) is 65.0 Å². The van der Waals surface area contributed by atoms with Gasteiger partial charge >= 0.3 is 0 Å². The first-order valence-electron chi connectivity index (χ1n) is 9.88. The molecule has 29 heavy (non-hydrogen) atoms. The van der Waals surface area contributed by atoms with E-state index in [2.05, 4.69) is 21.9 Å². The first-order valence-corrected chi connectivity index (χ1v) is 10.3. The number of rotatable bonds is 7. The SMILES string of the molecule is COc1ccc(/C(C)=N\NC(=S)NCc2ccc(F)cc2)cc1C[NH+]1CCCC1. The maximum absolute atomic E-state index is 13.0. The van der Waals surface area contributed by atoms with Crippen LogP contribution in [0.2, 0.25) is 0 Å². The number of thiocarbonyl (C=S) groups is 1. The van der Waals surface area contributed by atoms with E-state index in [1.807, 2.05) is 19.1 Å². The van der Waals surface area contributed by atoms with Gasteiger partial charge in [0.05, 0.1) is 25.9 Å². The van der Waals surface area contributed by atoms with E-state index in [-0.39, 0.29) is 5.82 Å². The molecule has 3 N–H and O–H groups in total. The van der Waals surface area contributed by atoms with E-state index in [0.717, 1.165) is 29.1 Å². The van der Waals surface area contributed by atoms with Gasteiger partial charge in [-0.1, -0.05) is 12.1 Å². The summed E-state index contributed by atoms with van der Waals surface area (Å²) in [6.45, 7) is 5.86. The van der Waals surface area contributed by atoms with Crippen LogP contribution in [0.5, 0.6) is 5.75 Å². The standard InChI is InChI=1S/C22H27FN4OS/c1-16(25-26-22(29)24-14-17-5-8-20(23)9-6-17)18-7-10-21(28-2)19(13-18)15-27-11-3-4-12-27/h5-10,13H,3-4,11-12,14-15H2,1-2H3,(H2,24,26,29)/p+1/b25-16-. The highest BCUT2D eigenvalue weighted by atomic mass is 32.1. The van der Waals surface area contributed by atoms with Gasteiger partial charge in [-0.15, -0.1) is 0 Å². The average Bonchev–Trinajstić information content (AvgIpc) is 3.24. The van der Waals surface area contributed by atoms with Gasteiger partial charge in [0.1, 0.15) is 18.1 Å². The summed E-state index contributed by atoms with van der Waals surface area (Å²) < 4.78 is 18.5. The van der Waals surface area contributed by atoms with E-state index in [4.69, 9.17) is 17.0 Å². The molecule has 2 aromatic rings. The van der Waals surface area contributed by atoms with Crippen LogP contribution >= 0.6 is 12.2 Å². The van der Waals surface area contributed by atoms with Crippen molar-refractivity contribution >= 4 is 23.0 Å². The number of hydrazone groups is 1. The van der Waals surface area contributed by atoms with Crippen molar-refractivity contribution in [2.75, 3.05) is 20.2 Å². The van der Waals surface area contributed by atoms with Gasteiger partial charge in [0.25, 0.3) is 0 Å². The minimum Gasteiger partial charge on any atom is -0.496 e. The molecule has 0 saturated carbocycles. The van der Waals surface area contributed by atoms with Gasteiger partial charge in [0.15, 0.2) is 5.11 Å². The van der Waals surface area contributed by atoms with E-state index in [1.165, 1.54) is 43.6 Å². The summed E-state index contributed by atoms with van der Waals surface area (Å²) in [5, 5.41) is 7.90. The molecule has 1 aliphatic heterocycles. The van der Waals surface area contributed by atoms with Crippen molar-refractivity contribution in [1.29, 1.82) is 0 Å². The van der Waals surface area contributed by atoms with Crippen LogP contribution < -0.4 is 20.4 Å². The minimum absolute atomic E-state index is 0.250. The van der Waals surface area contributed by atoms with Gasteiger partial charge in [-0.05, 0) is 60.6 Å². The molecule has 1 saturated heterocycles. The average molecular weight is 416 g/mol. The van der Waals surface area contributed by atoms with Crippen molar-refractivity contribution < 1.29 is 14.0 Å². The first-order chi connectivity index (χ1) is 14.0. The lowest BCUT2D eigenvalue weighted by Gasteiger charge is -2.16. The van der Waals surface area contributed by atoms with E-state index < -0.39 is 0 Å². The number of hydrogen-bond donors (Lipinski definition) is 3. The fourth-order valence-corrected chi connectivity index (χ4v) is 3.60. The molecule has 0 amide bonds. The predicted octanol–water partition coefficient (Wildman–Crippen LogP) is 2.40. The Hall–Kier alpha value is -2.51. The number of nitrogens with one attached hydrogen (secondary N) is 3. The van der Waals surface area contributed by atoms with E-state index in [9.17, 15) is 4.39 Å². The molecule has 1 aliphatic rings. The quantitative estimate of drug-likeness (QED) is 0.369. The number of halogens is 1. The Morgan fingerprint density at radius 2 is 1.90 bits per heavy atom. The smallest absolute Gasteiger partial charge is 0.187 e. The monoisotopic (exact) mass is 415 g/mol. The number of nitrogens with zero attached hydrogens (tertiary/aromatic N) is 1. The zero-order valence-corrected chi connectivity index (χ0v) is 17.7. The van der Waals surface area contributed by atoms with E-state index in [0.29, 0.717) is 11.7 Å². The van der Waals surface area contributed by atoms with Crippen LogP contribution in [0, 0.1) is 5.82 Å². The molecule has 0 atom stereocenters. The Bertz CT molecular complexity index is 864. The third-order valence-corrected chi connectivity index (χ3v) is 5.38. The summed E-state index contributed by atoms with van der Waals surface area (Å²) >= 11 is 5.28. The minimum atomic E-state index is -0.250. The molecule has 0 aromatic heterocycles. The number of ether oxygens (including phenoxy) is 1. The first kappa shape index (κ1) is 21.2. The second-order valence-corrected chi connectivity index (χ2v) is 7.69. The van der Waals surface area contributed by atoms with E-state index >= 15 is 0 Å². The molecule has 154 valence electrons. The lowest BCUT2D eigenvalue weighted by molar-refractivity contribution is -0.901. The van der Waals surface area contributed by atoms with Gasteiger partial charge in [-0.25, -0.2) is 4.39 Å². The van der Waals surface area contributed by atoms with Crippen molar-refractivity contribution in [3.8, 4) is 5.75 Å². The van der Waals surface area contributed by atoms with Crippen LogP contribution in [0.3, 0.4) is 0 Å². The summed E-state index contributed by atoms with van der Waals surface area (Å²) in [5.41, 5.74) is 6.91. The number of benzene rings is 2. The van der Waals surface area contributed by atoms with Crippen LogP contribution in [0.4, 0.5) is 4.39 Å². The molecular weight excluding hydrogens is 387 g/mol. The van der Waals surface area contributed by atoms with Crippen LogP contribution in [-0.4, -0.2) is 31.0 Å². The molecule has 0 radical (unpaired) electrons. The predicted molar refractivity (Wildman–Crippen MR) is 118 cm³/mol. The van der Waals surface area contributed by atoms with Gasteiger partial charge in [0.2, 0.25) is 0 Å².